The van der Waals surface area contributed by atoms with Gasteiger partial charge in [0.1, 0.15) is 18.5 Å². The standard InChI is InChI=1S/C16H22F2N2O3.ClH/c17-14-3-2-13(7-15(14)18)23-10-12(21)9-20-16(22)4-1-11-5-6-19-8-11;/h2-3,7,11-12,19,21H,1,4-6,8-10H2,(H,20,22);1H. The summed E-state index contributed by atoms with van der Waals surface area (Å²) >= 11 is 0. The number of halogens is 3. The molecule has 3 N–H and O–H groups in total. The number of aliphatic hydroxyl groups is 1. The van der Waals surface area contributed by atoms with Gasteiger partial charge in [0, 0.05) is 19.0 Å². The van der Waals surface area contributed by atoms with Crippen LogP contribution in [0.1, 0.15) is 19.3 Å². The first-order valence-corrected chi connectivity index (χ1v) is 7.78. The molecule has 2 atom stereocenters. The molecule has 0 aliphatic carbocycles. The van der Waals surface area contributed by atoms with Gasteiger partial charge in [-0.2, -0.15) is 0 Å². The molecule has 0 aromatic heterocycles. The molecule has 24 heavy (non-hydrogen) atoms. The molecule has 0 bridgehead atoms. The van der Waals surface area contributed by atoms with Gasteiger partial charge >= 0.3 is 0 Å². The molecule has 8 heteroatoms. The van der Waals surface area contributed by atoms with Crippen molar-refractivity contribution in [2.24, 2.45) is 5.92 Å². The zero-order chi connectivity index (χ0) is 16.7. The van der Waals surface area contributed by atoms with Crippen LogP contribution >= 0.6 is 12.4 Å². The molecule has 0 saturated carbocycles. The van der Waals surface area contributed by atoms with Gasteiger partial charge in [-0.3, -0.25) is 4.79 Å². The van der Waals surface area contributed by atoms with E-state index in [4.69, 9.17) is 4.74 Å². The molecule has 5 nitrogen and oxygen atoms in total. The average molecular weight is 365 g/mol. The lowest BCUT2D eigenvalue weighted by molar-refractivity contribution is -0.121. The van der Waals surface area contributed by atoms with Gasteiger partial charge in [-0.1, -0.05) is 0 Å². The highest BCUT2D eigenvalue weighted by atomic mass is 35.5. The highest BCUT2D eigenvalue weighted by molar-refractivity contribution is 5.85. The molecule has 1 aromatic rings. The van der Waals surface area contributed by atoms with Crippen molar-refractivity contribution in [3.05, 3.63) is 29.8 Å². The quantitative estimate of drug-likeness (QED) is 0.655. The Morgan fingerprint density at radius 2 is 2.21 bits per heavy atom. The second-order valence-electron chi connectivity index (χ2n) is 5.74. The summed E-state index contributed by atoms with van der Waals surface area (Å²) in [5, 5.41) is 15.6. The zero-order valence-electron chi connectivity index (χ0n) is 13.3. The third-order valence-electron chi connectivity index (χ3n) is 3.81. The molecule has 1 aliphatic heterocycles. The fourth-order valence-corrected chi connectivity index (χ4v) is 2.43. The Bertz CT molecular complexity index is 528. The number of amides is 1. The summed E-state index contributed by atoms with van der Waals surface area (Å²) in [7, 11) is 0. The van der Waals surface area contributed by atoms with Gasteiger partial charge in [0.2, 0.25) is 5.91 Å². The van der Waals surface area contributed by atoms with Crippen LogP contribution in [0.3, 0.4) is 0 Å². The first kappa shape index (κ1) is 20.6. The molecule has 2 rings (SSSR count). The largest absolute Gasteiger partial charge is 0.491 e. The van der Waals surface area contributed by atoms with Crippen molar-refractivity contribution in [1.29, 1.82) is 0 Å². The van der Waals surface area contributed by atoms with Gasteiger partial charge in [0.15, 0.2) is 11.6 Å². The van der Waals surface area contributed by atoms with Crippen LogP contribution in [0, 0.1) is 17.6 Å². The average Bonchev–Trinajstić information content (AvgIpc) is 3.05. The van der Waals surface area contributed by atoms with Gasteiger partial charge in [0.05, 0.1) is 0 Å². The van der Waals surface area contributed by atoms with Crippen molar-refractivity contribution in [3.63, 3.8) is 0 Å². The zero-order valence-corrected chi connectivity index (χ0v) is 14.1. The monoisotopic (exact) mass is 364 g/mol. The van der Waals surface area contributed by atoms with Crippen LogP contribution < -0.4 is 15.4 Å². The Hall–Kier alpha value is -1.44. The maximum Gasteiger partial charge on any atom is 0.220 e. The summed E-state index contributed by atoms with van der Waals surface area (Å²) in [5.74, 6) is -1.40. The predicted octanol–water partition coefficient (Wildman–Crippen LogP) is 1.63. The highest BCUT2D eigenvalue weighted by Crippen LogP contribution is 2.16. The second-order valence-corrected chi connectivity index (χ2v) is 5.74. The molecule has 1 heterocycles. The van der Waals surface area contributed by atoms with E-state index in [9.17, 15) is 18.7 Å². The van der Waals surface area contributed by atoms with Crippen LogP contribution in [0.4, 0.5) is 8.78 Å². The topological polar surface area (TPSA) is 70.6 Å². The normalized spacial score (nSPS) is 17.9. The molecular weight excluding hydrogens is 342 g/mol. The minimum Gasteiger partial charge on any atom is -0.491 e. The molecule has 1 aromatic carbocycles. The van der Waals surface area contributed by atoms with E-state index in [0.29, 0.717) is 12.3 Å². The van der Waals surface area contributed by atoms with Crippen LogP contribution in [-0.4, -0.2) is 43.4 Å². The molecule has 2 unspecified atom stereocenters. The Morgan fingerprint density at radius 3 is 2.88 bits per heavy atom. The Morgan fingerprint density at radius 1 is 1.42 bits per heavy atom. The molecule has 1 aliphatic rings. The summed E-state index contributed by atoms with van der Waals surface area (Å²) in [6, 6.07) is 3.15. The van der Waals surface area contributed by atoms with E-state index in [0.717, 1.165) is 38.1 Å². The van der Waals surface area contributed by atoms with Crippen molar-refractivity contribution < 1.29 is 23.4 Å². The lowest BCUT2D eigenvalue weighted by Crippen LogP contribution is -2.35. The fraction of sp³-hybridized carbons (Fsp3) is 0.562. The van der Waals surface area contributed by atoms with Gasteiger partial charge in [-0.25, -0.2) is 8.78 Å². The summed E-state index contributed by atoms with van der Waals surface area (Å²) in [6.07, 6.45) is 1.45. The minimum atomic E-state index is -1.01. The van der Waals surface area contributed by atoms with Crippen LogP contribution in [0.15, 0.2) is 18.2 Å². The first-order valence-electron chi connectivity index (χ1n) is 7.78. The maximum absolute atomic E-state index is 13.0. The van der Waals surface area contributed by atoms with Crippen molar-refractivity contribution in [2.45, 2.75) is 25.4 Å². The van der Waals surface area contributed by atoms with Crippen LogP contribution in [-0.2, 0) is 4.79 Å². The van der Waals surface area contributed by atoms with Crippen molar-refractivity contribution in [3.8, 4) is 5.75 Å². The summed E-state index contributed by atoms with van der Waals surface area (Å²) in [4.78, 5) is 11.7. The number of hydrogen-bond donors (Lipinski definition) is 3. The van der Waals surface area contributed by atoms with Crippen LogP contribution in [0.25, 0.3) is 0 Å². The van der Waals surface area contributed by atoms with E-state index in [-0.39, 0.29) is 37.2 Å². The summed E-state index contributed by atoms with van der Waals surface area (Å²) in [6.45, 7) is 1.91. The Kier molecular flexibility index (Phi) is 8.95. The molecular formula is C16H23ClF2N2O3. The number of carbonyl (C=O) groups excluding carboxylic acids is 1. The lowest BCUT2D eigenvalue weighted by atomic mass is 10.0. The van der Waals surface area contributed by atoms with Gasteiger partial charge in [-0.15, -0.1) is 12.4 Å². The van der Waals surface area contributed by atoms with Crippen LogP contribution in [0.2, 0.25) is 0 Å². The summed E-state index contributed by atoms with van der Waals surface area (Å²) in [5.41, 5.74) is 0. The third-order valence-corrected chi connectivity index (χ3v) is 3.81. The number of nitrogens with one attached hydrogen (secondary N) is 2. The van der Waals surface area contributed by atoms with E-state index in [1.54, 1.807) is 0 Å². The van der Waals surface area contributed by atoms with Crippen molar-refractivity contribution >= 4 is 18.3 Å². The van der Waals surface area contributed by atoms with E-state index in [1.165, 1.54) is 6.07 Å². The van der Waals surface area contributed by atoms with Crippen molar-refractivity contribution in [2.75, 3.05) is 26.2 Å². The Balaban J connectivity index is 0.00000288. The molecule has 1 saturated heterocycles. The number of rotatable bonds is 8. The lowest BCUT2D eigenvalue weighted by Gasteiger charge is -2.14. The molecule has 136 valence electrons. The number of aliphatic hydroxyl groups excluding tert-OH is 1. The van der Waals surface area contributed by atoms with Crippen LogP contribution in [0.5, 0.6) is 5.75 Å². The number of carbonyl (C=O) groups is 1. The number of benzene rings is 1. The number of ether oxygens (including phenoxy) is 1. The smallest absolute Gasteiger partial charge is 0.220 e. The van der Waals surface area contributed by atoms with Gasteiger partial charge in [-0.05, 0) is 44.0 Å². The van der Waals surface area contributed by atoms with Gasteiger partial charge in [0.25, 0.3) is 0 Å². The highest BCUT2D eigenvalue weighted by Gasteiger charge is 2.16. The fourth-order valence-electron chi connectivity index (χ4n) is 2.43. The molecule has 1 fully saturated rings. The number of hydrogen-bond acceptors (Lipinski definition) is 4. The first-order chi connectivity index (χ1) is 11.0. The Labute approximate surface area is 146 Å². The predicted molar refractivity (Wildman–Crippen MR) is 88.3 cm³/mol. The molecule has 0 radical (unpaired) electrons. The van der Waals surface area contributed by atoms with E-state index >= 15 is 0 Å². The van der Waals surface area contributed by atoms with Crippen molar-refractivity contribution in [1.82, 2.24) is 10.6 Å². The van der Waals surface area contributed by atoms with E-state index in [2.05, 4.69) is 10.6 Å². The minimum absolute atomic E-state index is 0. The van der Waals surface area contributed by atoms with Gasteiger partial charge < -0.3 is 20.5 Å². The van der Waals surface area contributed by atoms with E-state index in [1.807, 2.05) is 0 Å². The SMILES string of the molecule is Cl.O=C(CCC1CCNC1)NCC(O)COc1ccc(F)c(F)c1. The molecule has 0 spiro atoms. The van der Waals surface area contributed by atoms with E-state index < -0.39 is 17.7 Å². The second kappa shape index (κ2) is 10.4. The summed E-state index contributed by atoms with van der Waals surface area (Å²) < 4.78 is 30.9. The third kappa shape index (κ3) is 6.98. The molecule has 1 amide bonds. The maximum atomic E-state index is 13.0.